The number of hydrogen-bond donors (Lipinski definition) is 0. The van der Waals surface area contributed by atoms with Crippen LogP contribution in [-0.4, -0.2) is 37.5 Å². The Bertz CT molecular complexity index is 1100. The molecular formula is C22H23NO6S. The Hall–Kier alpha value is -3.13. The molecule has 0 aliphatic heterocycles. The number of benzene rings is 1. The lowest BCUT2D eigenvalue weighted by atomic mass is 10.0. The maximum atomic E-state index is 12.4. The van der Waals surface area contributed by atoms with Crippen LogP contribution >= 0.6 is 11.3 Å². The summed E-state index contributed by atoms with van der Waals surface area (Å²) < 4.78 is 15.6. The number of likely N-dealkylation sites (N-methyl/N-ethyl adjacent to an activating group) is 1. The Kier molecular flexibility index (Phi) is 6.89. The lowest BCUT2D eigenvalue weighted by Gasteiger charge is -2.16. The molecule has 158 valence electrons. The van der Waals surface area contributed by atoms with Crippen LogP contribution in [-0.2, 0) is 27.3 Å². The number of thiophene rings is 1. The topological polar surface area (TPSA) is 86.0 Å². The molecule has 0 atom stereocenters. The molecule has 0 bridgehead atoms. The zero-order chi connectivity index (χ0) is 21.7. The first kappa shape index (κ1) is 21.6. The van der Waals surface area contributed by atoms with Crippen molar-refractivity contribution in [3.05, 3.63) is 62.1 Å². The summed E-state index contributed by atoms with van der Waals surface area (Å²) in [6.07, 6.45) is 0.155. The van der Waals surface area contributed by atoms with Crippen LogP contribution in [0.25, 0.3) is 11.0 Å². The predicted octanol–water partition coefficient (Wildman–Crippen LogP) is 3.31. The van der Waals surface area contributed by atoms with Gasteiger partial charge in [0.15, 0.2) is 6.61 Å². The van der Waals surface area contributed by atoms with E-state index in [1.165, 1.54) is 12.0 Å². The smallest absolute Gasteiger partial charge is 0.339 e. The normalized spacial score (nSPS) is 10.8. The standard InChI is InChI=1S/C22H23NO6S/c1-14-17-5-4-16(27-3)10-19(17)29-22(26)18(14)6-7-21(25)28-12-20(24)23(2)11-15-8-9-30-13-15/h4-5,8-10,13H,6-7,11-12H2,1-3H3. The monoisotopic (exact) mass is 429 g/mol. The first-order valence-corrected chi connectivity index (χ1v) is 10.3. The Morgan fingerprint density at radius 1 is 1.23 bits per heavy atom. The molecular weight excluding hydrogens is 406 g/mol. The van der Waals surface area contributed by atoms with Crippen LogP contribution in [0, 0.1) is 6.92 Å². The third-order valence-electron chi connectivity index (χ3n) is 4.86. The van der Waals surface area contributed by atoms with Crippen LogP contribution in [0.2, 0.25) is 0 Å². The molecule has 7 nitrogen and oxygen atoms in total. The zero-order valence-electron chi connectivity index (χ0n) is 17.1. The maximum Gasteiger partial charge on any atom is 0.339 e. The van der Waals surface area contributed by atoms with Crippen molar-refractivity contribution in [2.24, 2.45) is 0 Å². The number of methoxy groups -OCH3 is 1. The maximum absolute atomic E-state index is 12.4. The molecule has 30 heavy (non-hydrogen) atoms. The van der Waals surface area contributed by atoms with Crippen molar-refractivity contribution in [1.82, 2.24) is 4.90 Å². The van der Waals surface area contributed by atoms with Crippen LogP contribution in [0.15, 0.2) is 44.2 Å². The number of nitrogens with zero attached hydrogens (tertiary/aromatic N) is 1. The van der Waals surface area contributed by atoms with Crippen LogP contribution < -0.4 is 10.4 Å². The van der Waals surface area contributed by atoms with Gasteiger partial charge in [0, 0.05) is 37.0 Å². The highest BCUT2D eigenvalue weighted by atomic mass is 32.1. The van der Waals surface area contributed by atoms with Crippen molar-refractivity contribution in [3.8, 4) is 5.75 Å². The number of ether oxygens (including phenoxy) is 2. The molecule has 0 spiro atoms. The fourth-order valence-electron chi connectivity index (χ4n) is 3.09. The van der Waals surface area contributed by atoms with Crippen molar-refractivity contribution in [2.45, 2.75) is 26.3 Å². The van der Waals surface area contributed by atoms with Crippen molar-refractivity contribution < 1.29 is 23.5 Å². The fraction of sp³-hybridized carbons (Fsp3) is 0.318. The van der Waals surface area contributed by atoms with Crippen LogP contribution in [0.3, 0.4) is 0 Å². The molecule has 0 unspecified atom stereocenters. The van der Waals surface area contributed by atoms with E-state index in [4.69, 9.17) is 13.9 Å². The highest BCUT2D eigenvalue weighted by Crippen LogP contribution is 2.24. The van der Waals surface area contributed by atoms with Crippen LogP contribution in [0.4, 0.5) is 0 Å². The van der Waals surface area contributed by atoms with Crippen molar-refractivity contribution in [1.29, 1.82) is 0 Å². The summed E-state index contributed by atoms with van der Waals surface area (Å²) in [5.74, 6) is -0.235. The van der Waals surface area contributed by atoms with Crippen LogP contribution in [0.5, 0.6) is 5.75 Å². The first-order valence-electron chi connectivity index (χ1n) is 9.40. The van der Waals surface area contributed by atoms with E-state index in [2.05, 4.69) is 0 Å². The number of esters is 1. The lowest BCUT2D eigenvalue weighted by molar-refractivity contribution is -0.151. The quantitative estimate of drug-likeness (QED) is 0.403. The average Bonchev–Trinajstić information content (AvgIpc) is 3.24. The number of aryl methyl sites for hydroxylation is 1. The van der Waals surface area contributed by atoms with E-state index in [0.717, 1.165) is 16.5 Å². The van der Waals surface area contributed by atoms with Gasteiger partial charge in [-0.15, -0.1) is 0 Å². The molecule has 0 saturated heterocycles. The average molecular weight is 429 g/mol. The minimum Gasteiger partial charge on any atom is -0.497 e. The zero-order valence-corrected chi connectivity index (χ0v) is 17.9. The van der Waals surface area contributed by atoms with Gasteiger partial charge in [-0.2, -0.15) is 11.3 Å². The highest BCUT2D eigenvalue weighted by Gasteiger charge is 2.16. The molecule has 0 radical (unpaired) electrons. The second kappa shape index (κ2) is 9.58. The van der Waals surface area contributed by atoms with Gasteiger partial charge >= 0.3 is 11.6 Å². The molecule has 3 aromatic rings. The number of carbonyl (C=O) groups is 2. The molecule has 2 aromatic heterocycles. The summed E-state index contributed by atoms with van der Waals surface area (Å²) >= 11 is 1.56. The highest BCUT2D eigenvalue weighted by molar-refractivity contribution is 7.07. The largest absolute Gasteiger partial charge is 0.497 e. The van der Waals surface area contributed by atoms with Gasteiger partial charge in [0.05, 0.1) is 7.11 Å². The molecule has 1 amide bonds. The van der Waals surface area contributed by atoms with Gasteiger partial charge in [-0.1, -0.05) is 0 Å². The summed E-state index contributed by atoms with van der Waals surface area (Å²) in [7, 11) is 3.20. The van der Waals surface area contributed by atoms with Gasteiger partial charge < -0.3 is 18.8 Å². The van der Waals surface area contributed by atoms with Crippen molar-refractivity contribution in [2.75, 3.05) is 20.8 Å². The van der Waals surface area contributed by atoms with E-state index in [1.807, 2.05) is 29.8 Å². The summed E-state index contributed by atoms with van der Waals surface area (Å²) in [5, 5.41) is 4.68. The number of hydrogen-bond acceptors (Lipinski definition) is 7. The summed E-state index contributed by atoms with van der Waals surface area (Å²) in [5.41, 5.74) is 2.14. The number of fused-ring (bicyclic) bond motifs is 1. The van der Waals surface area contributed by atoms with Crippen molar-refractivity contribution >= 4 is 34.2 Å². The lowest BCUT2D eigenvalue weighted by Crippen LogP contribution is -2.30. The van der Waals surface area contributed by atoms with Crippen LogP contribution in [0.1, 0.15) is 23.1 Å². The minimum absolute atomic E-state index is 0.0191. The van der Waals surface area contributed by atoms with E-state index in [1.54, 1.807) is 30.5 Å². The van der Waals surface area contributed by atoms with Gasteiger partial charge in [0.2, 0.25) is 0 Å². The summed E-state index contributed by atoms with van der Waals surface area (Å²) in [6.45, 7) is 1.95. The van der Waals surface area contributed by atoms with E-state index in [0.29, 0.717) is 23.4 Å². The van der Waals surface area contributed by atoms with Gasteiger partial charge in [0.1, 0.15) is 11.3 Å². The number of carbonyl (C=O) groups excluding carboxylic acids is 2. The second-order valence-corrected chi connectivity index (χ2v) is 7.68. The fourth-order valence-corrected chi connectivity index (χ4v) is 3.75. The number of rotatable bonds is 8. The van der Waals surface area contributed by atoms with E-state index in [9.17, 15) is 14.4 Å². The van der Waals surface area contributed by atoms with Gasteiger partial charge in [-0.3, -0.25) is 9.59 Å². The molecule has 1 aromatic carbocycles. The van der Waals surface area contributed by atoms with E-state index < -0.39 is 11.6 Å². The summed E-state index contributed by atoms with van der Waals surface area (Å²) in [4.78, 5) is 38.1. The SMILES string of the molecule is COc1ccc2c(C)c(CCC(=O)OCC(=O)N(C)Cc3ccsc3)c(=O)oc2c1. The molecule has 0 fully saturated rings. The van der Waals surface area contributed by atoms with Gasteiger partial charge in [-0.05, 0) is 53.4 Å². The van der Waals surface area contributed by atoms with E-state index in [-0.39, 0.29) is 25.4 Å². The Morgan fingerprint density at radius 2 is 2.03 bits per heavy atom. The molecule has 3 rings (SSSR count). The Morgan fingerprint density at radius 3 is 2.73 bits per heavy atom. The molecule has 0 aliphatic carbocycles. The predicted molar refractivity (Wildman–Crippen MR) is 114 cm³/mol. The van der Waals surface area contributed by atoms with Gasteiger partial charge in [0.25, 0.3) is 5.91 Å². The second-order valence-electron chi connectivity index (χ2n) is 6.90. The molecule has 0 aliphatic rings. The third-order valence-corrected chi connectivity index (χ3v) is 5.59. The Balaban J connectivity index is 1.57. The molecule has 2 heterocycles. The Labute approximate surface area is 177 Å². The first-order chi connectivity index (χ1) is 14.4. The number of amides is 1. The minimum atomic E-state index is -0.541. The van der Waals surface area contributed by atoms with Gasteiger partial charge in [-0.25, -0.2) is 4.79 Å². The van der Waals surface area contributed by atoms with E-state index >= 15 is 0 Å². The summed E-state index contributed by atoms with van der Waals surface area (Å²) in [6, 6.07) is 7.19. The molecule has 0 saturated carbocycles. The third kappa shape index (κ3) is 5.07. The van der Waals surface area contributed by atoms with Crippen molar-refractivity contribution in [3.63, 3.8) is 0 Å². The molecule has 0 N–H and O–H groups in total. The molecule has 8 heteroatoms.